The molecular formula is C15H16N2. The van der Waals surface area contributed by atoms with Gasteiger partial charge in [0.1, 0.15) is 0 Å². The maximum Gasteiger partial charge on any atom is 0.0705 e. The Labute approximate surface area is 102 Å². The van der Waals surface area contributed by atoms with Crippen molar-refractivity contribution < 1.29 is 0 Å². The van der Waals surface area contributed by atoms with E-state index >= 15 is 0 Å². The Balaban J connectivity index is 2.49. The minimum atomic E-state index is 0.206. The molecule has 0 radical (unpaired) electrons. The minimum Gasteiger partial charge on any atom is -0.309 e. The van der Waals surface area contributed by atoms with Gasteiger partial charge in [-0.05, 0) is 24.2 Å². The molecule has 1 aromatic carbocycles. The summed E-state index contributed by atoms with van der Waals surface area (Å²) in [4.78, 5) is 4.37. The van der Waals surface area contributed by atoms with Gasteiger partial charge >= 0.3 is 0 Å². The standard InChI is InChI=1S/C15H16N2/c1-3-7-14(16-4-2)13-10-11-17-15-9-6-5-8-12(13)15/h1,5-6,8-11,14,16H,4,7H2,2H3. The van der Waals surface area contributed by atoms with Crippen molar-refractivity contribution in [1.82, 2.24) is 10.3 Å². The van der Waals surface area contributed by atoms with Gasteiger partial charge in [0.15, 0.2) is 0 Å². The molecule has 0 amide bonds. The van der Waals surface area contributed by atoms with Crippen molar-refractivity contribution in [2.24, 2.45) is 0 Å². The van der Waals surface area contributed by atoms with Gasteiger partial charge in [-0.25, -0.2) is 0 Å². The topological polar surface area (TPSA) is 24.9 Å². The quantitative estimate of drug-likeness (QED) is 0.808. The van der Waals surface area contributed by atoms with Crippen LogP contribution in [0.25, 0.3) is 10.9 Å². The van der Waals surface area contributed by atoms with Gasteiger partial charge in [-0.15, -0.1) is 12.3 Å². The number of pyridine rings is 1. The van der Waals surface area contributed by atoms with Gasteiger partial charge in [0.25, 0.3) is 0 Å². The van der Waals surface area contributed by atoms with Crippen LogP contribution >= 0.6 is 0 Å². The lowest BCUT2D eigenvalue weighted by Gasteiger charge is -2.17. The molecule has 2 rings (SSSR count). The average Bonchev–Trinajstić information content (AvgIpc) is 2.38. The molecule has 0 bridgehead atoms. The van der Waals surface area contributed by atoms with Gasteiger partial charge in [-0.2, -0.15) is 0 Å². The maximum absolute atomic E-state index is 5.44. The summed E-state index contributed by atoms with van der Waals surface area (Å²) in [5, 5.41) is 4.60. The number of fused-ring (bicyclic) bond motifs is 1. The average molecular weight is 224 g/mol. The molecule has 2 heteroatoms. The Morgan fingerprint density at radius 1 is 1.35 bits per heavy atom. The van der Waals surface area contributed by atoms with Crippen LogP contribution in [0.5, 0.6) is 0 Å². The molecule has 2 nitrogen and oxygen atoms in total. The van der Waals surface area contributed by atoms with Gasteiger partial charge in [0.05, 0.1) is 5.52 Å². The molecule has 0 aliphatic carbocycles. The second-order valence-corrected chi connectivity index (χ2v) is 3.94. The fourth-order valence-electron chi connectivity index (χ4n) is 2.08. The van der Waals surface area contributed by atoms with Crippen molar-refractivity contribution in [3.8, 4) is 12.3 Å². The zero-order valence-electron chi connectivity index (χ0n) is 9.98. The van der Waals surface area contributed by atoms with Crippen LogP contribution in [0, 0.1) is 12.3 Å². The first-order chi connectivity index (χ1) is 8.36. The first kappa shape index (κ1) is 11.6. The lowest BCUT2D eigenvalue weighted by molar-refractivity contribution is 0.568. The fraction of sp³-hybridized carbons (Fsp3) is 0.267. The molecule has 1 aromatic heterocycles. The van der Waals surface area contributed by atoms with Crippen LogP contribution in [0.15, 0.2) is 36.5 Å². The predicted octanol–water partition coefficient (Wildman–Crippen LogP) is 2.91. The van der Waals surface area contributed by atoms with Crippen LogP contribution in [0.2, 0.25) is 0 Å². The van der Waals surface area contributed by atoms with E-state index in [4.69, 9.17) is 6.42 Å². The second kappa shape index (κ2) is 5.47. The van der Waals surface area contributed by atoms with Crippen LogP contribution in [0.3, 0.4) is 0 Å². The number of nitrogens with one attached hydrogen (secondary N) is 1. The molecule has 0 spiro atoms. The molecule has 17 heavy (non-hydrogen) atoms. The molecule has 86 valence electrons. The minimum absolute atomic E-state index is 0.206. The summed E-state index contributed by atoms with van der Waals surface area (Å²) in [5.41, 5.74) is 2.25. The SMILES string of the molecule is C#CCC(NCC)c1ccnc2ccccc12. The van der Waals surface area contributed by atoms with E-state index in [0.29, 0.717) is 6.42 Å². The second-order valence-electron chi connectivity index (χ2n) is 3.94. The zero-order valence-corrected chi connectivity index (χ0v) is 9.98. The monoisotopic (exact) mass is 224 g/mol. The van der Waals surface area contributed by atoms with E-state index in [1.54, 1.807) is 0 Å². The van der Waals surface area contributed by atoms with E-state index < -0.39 is 0 Å². The van der Waals surface area contributed by atoms with Crippen molar-refractivity contribution in [2.45, 2.75) is 19.4 Å². The largest absolute Gasteiger partial charge is 0.309 e. The molecule has 1 heterocycles. The van der Waals surface area contributed by atoms with Crippen LogP contribution < -0.4 is 5.32 Å². The third kappa shape index (κ3) is 2.46. The Hall–Kier alpha value is -1.85. The van der Waals surface area contributed by atoms with Gasteiger partial charge < -0.3 is 5.32 Å². The third-order valence-electron chi connectivity index (χ3n) is 2.83. The number of terminal acetylenes is 1. The number of aromatic nitrogens is 1. The highest BCUT2D eigenvalue weighted by Gasteiger charge is 2.12. The highest BCUT2D eigenvalue weighted by atomic mass is 14.9. The molecule has 0 aliphatic rings. The Morgan fingerprint density at radius 2 is 2.18 bits per heavy atom. The Morgan fingerprint density at radius 3 is 2.94 bits per heavy atom. The fourth-order valence-corrected chi connectivity index (χ4v) is 2.08. The van der Waals surface area contributed by atoms with Crippen LogP contribution in [-0.2, 0) is 0 Å². The normalized spacial score (nSPS) is 12.2. The van der Waals surface area contributed by atoms with E-state index in [9.17, 15) is 0 Å². The molecule has 1 unspecified atom stereocenters. The maximum atomic E-state index is 5.44. The number of rotatable bonds is 4. The van der Waals surface area contributed by atoms with Gasteiger partial charge in [0.2, 0.25) is 0 Å². The van der Waals surface area contributed by atoms with Crippen LogP contribution in [0.1, 0.15) is 24.9 Å². The lowest BCUT2D eigenvalue weighted by atomic mass is 10.00. The summed E-state index contributed by atoms with van der Waals surface area (Å²) >= 11 is 0. The lowest BCUT2D eigenvalue weighted by Crippen LogP contribution is -2.20. The highest BCUT2D eigenvalue weighted by molar-refractivity contribution is 5.82. The molecule has 0 fully saturated rings. The van der Waals surface area contributed by atoms with Crippen LogP contribution in [-0.4, -0.2) is 11.5 Å². The predicted molar refractivity (Wildman–Crippen MR) is 71.6 cm³/mol. The van der Waals surface area contributed by atoms with E-state index in [1.165, 1.54) is 10.9 Å². The van der Waals surface area contributed by atoms with Gasteiger partial charge in [-0.3, -0.25) is 4.98 Å². The van der Waals surface area contributed by atoms with Crippen molar-refractivity contribution in [2.75, 3.05) is 6.54 Å². The molecule has 1 N–H and O–H groups in total. The van der Waals surface area contributed by atoms with Crippen LogP contribution in [0.4, 0.5) is 0 Å². The zero-order chi connectivity index (χ0) is 12.1. The van der Waals surface area contributed by atoms with E-state index in [1.807, 2.05) is 30.5 Å². The number of hydrogen-bond donors (Lipinski definition) is 1. The number of benzene rings is 1. The smallest absolute Gasteiger partial charge is 0.0705 e. The molecule has 0 saturated heterocycles. The van der Waals surface area contributed by atoms with Gasteiger partial charge in [0, 0.05) is 24.0 Å². The summed E-state index contributed by atoms with van der Waals surface area (Å²) in [6.07, 6.45) is 7.98. The summed E-state index contributed by atoms with van der Waals surface area (Å²) < 4.78 is 0. The number of nitrogens with zero attached hydrogens (tertiary/aromatic N) is 1. The first-order valence-electron chi connectivity index (χ1n) is 5.87. The molecule has 0 saturated carbocycles. The molecule has 2 aromatic rings. The highest BCUT2D eigenvalue weighted by Crippen LogP contribution is 2.24. The molecule has 1 atom stereocenters. The molecular weight excluding hydrogens is 208 g/mol. The summed E-state index contributed by atoms with van der Waals surface area (Å²) in [6, 6.07) is 10.4. The van der Waals surface area contributed by atoms with Crippen molar-refractivity contribution >= 4 is 10.9 Å². The van der Waals surface area contributed by atoms with Crippen molar-refractivity contribution in [1.29, 1.82) is 0 Å². The number of hydrogen-bond acceptors (Lipinski definition) is 2. The van der Waals surface area contributed by atoms with Crippen molar-refractivity contribution in [3.05, 3.63) is 42.1 Å². The number of para-hydroxylation sites is 1. The van der Waals surface area contributed by atoms with E-state index in [0.717, 1.165) is 12.1 Å². The van der Waals surface area contributed by atoms with Gasteiger partial charge in [-0.1, -0.05) is 25.1 Å². The molecule has 0 aliphatic heterocycles. The third-order valence-corrected chi connectivity index (χ3v) is 2.83. The summed E-state index contributed by atoms with van der Waals surface area (Å²) in [7, 11) is 0. The Bertz CT molecular complexity index is 535. The summed E-state index contributed by atoms with van der Waals surface area (Å²) in [5.74, 6) is 2.73. The first-order valence-corrected chi connectivity index (χ1v) is 5.87. The van der Waals surface area contributed by atoms with E-state index in [2.05, 4.69) is 29.2 Å². The van der Waals surface area contributed by atoms with Crippen molar-refractivity contribution in [3.63, 3.8) is 0 Å². The summed E-state index contributed by atoms with van der Waals surface area (Å²) in [6.45, 7) is 3.00. The van der Waals surface area contributed by atoms with E-state index in [-0.39, 0.29) is 6.04 Å². The Kier molecular flexibility index (Phi) is 3.74.